The van der Waals surface area contributed by atoms with Crippen LogP contribution in [0.1, 0.15) is 31.6 Å². The number of fused-ring (bicyclic) bond motifs is 1. The highest BCUT2D eigenvalue weighted by Crippen LogP contribution is 2.27. The molecule has 1 atom stereocenters. The van der Waals surface area contributed by atoms with Gasteiger partial charge in [-0.05, 0) is 45.0 Å². The number of nitrogens with zero attached hydrogens (tertiary/aromatic N) is 3. The fourth-order valence-corrected chi connectivity index (χ4v) is 3.03. The van der Waals surface area contributed by atoms with Crippen LogP contribution in [0.3, 0.4) is 0 Å². The van der Waals surface area contributed by atoms with Crippen LogP contribution in [0.25, 0.3) is 11.0 Å². The zero-order valence-corrected chi connectivity index (χ0v) is 11.9. The van der Waals surface area contributed by atoms with E-state index in [1.807, 2.05) is 6.92 Å². The normalized spacial score (nSPS) is 17.4. The summed E-state index contributed by atoms with van der Waals surface area (Å²) in [6.45, 7) is 3.86. The quantitative estimate of drug-likeness (QED) is 0.940. The van der Waals surface area contributed by atoms with Gasteiger partial charge in [0, 0.05) is 6.07 Å². The van der Waals surface area contributed by atoms with Gasteiger partial charge in [-0.3, -0.25) is 9.69 Å². The average molecular weight is 291 g/mol. The third kappa shape index (κ3) is 2.63. The molecule has 0 amide bonds. The summed E-state index contributed by atoms with van der Waals surface area (Å²) in [5.74, 6) is -0.587. The van der Waals surface area contributed by atoms with Gasteiger partial charge in [0.15, 0.2) is 0 Å². The minimum Gasteiger partial charge on any atom is -0.480 e. The van der Waals surface area contributed by atoms with E-state index in [9.17, 15) is 9.18 Å². The molecule has 1 aliphatic rings. The first-order valence-corrected chi connectivity index (χ1v) is 7.18. The van der Waals surface area contributed by atoms with Gasteiger partial charge in [-0.15, -0.1) is 0 Å². The molecule has 112 valence electrons. The second-order valence-corrected chi connectivity index (χ2v) is 5.50. The lowest BCUT2D eigenvalue weighted by Gasteiger charge is -2.23. The van der Waals surface area contributed by atoms with Crippen molar-refractivity contribution >= 4 is 17.0 Å². The number of carboxylic acids is 1. The predicted octanol–water partition coefficient (Wildman–Crippen LogP) is 2.42. The van der Waals surface area contributed by atoms with E-state index in [0.29, 0.717) is 16.9 Å². The summed E-state index contributed by atoms with van der Waals surface area (Å²) >= 11 is 0. The summed E-state index contributed by atoms with van der Waals surface area (Å²) in [5, 5.41) is 9.13. The van der Waals surface area contributed by atoms with E-state index < -0.39 is 5.97 Å². The molecule has 1 aromatic heterocycles. The topological polar surface area (TPSA) is 58.4 Å². The Bertz CT molecular complexity index is 677. The van der Waals surface area contributed by atoms with E-state index >= 15 is 0 Å². The molecular weight excluding hydrogens is 273 g/mol. The zero-order chi connectivity index (χ0) is 15.0. The lowest BCUT2D eigenvalue weighted by Crippen LogP contribution is -2.26. The predicted molar refractivity (Wildman–Crippen MR) is 76.5 cm³/mol. The Balaban J connectivity index is 2.08. The zero-order valence-electron chi connectivity index (χ0n) is 11.9. The molecule has 1 aromatic carbocycles. The van der Waals surface area contributed by atoms with E-state index in [1.165, 1.54) is 12.1 Å². The van der Waals surface area contributed by atoms with E-state index in [-0.39, 0.29) is 18.4 Å². The van der Waals surface area contributed by atoms with Crippen LogP contribution in [0.5, 0.6) is 0 Å². The van der Waals surface area contributed by atoms with Crippen LogP contribution >= 0.6 is 0 Å². The minimum atomic E-state index is -0.923. The number of hydrogen-bond donors (Lipinski definition) is 1. The van der Waals surface area contributed by atoms with Gasteiger partial charge < -0.3 is 9.67 Å². The fraction of sp³-hybridized carbons (Fsp3) is 0.467. The summed E-state index contributed by atoms with van der Waals surface area (Å²) in [6, 6.07) is 4.32. The van der Waals surface area contributed by atoms with Gasteiger partial charge in [-0.2, -0.15) is 0 Å². The van der Waals surface area contributed by atoms with Gasteiger partial charge >= 0.3 is 5.97 Å². The van der Waals surface area contributed by atoms with Crippen LogP contribution in [0.4, 0.5) is 4.39 Å². The lowest BCUT2D eigenvalue weighted by molar-refractivity contribution is -0.137. The molecule has 2 aromatic rings. The number of carbonyl (C=O) groups is 1. The molecule has 1 saturated heterocycles. The average Bonchev–Trinajstić information content (AvgIpc) is 3.05. The first kappa shape index (κ1) is 14.0. The number of likely N-dealkylation sites (tertiary alicyclic amines) is 1. The number of imidazole rings is 1. The Kier molecular flexibility index (Phi) is 3.63. The highest BCUT2D eigenvalue weighted by Gasteiger charge is 2.25. The van der Waals surface area contributed by atoms with Gasteiger partial charge in [0.25, 0.3) is 0 Å². The summed E-state index contributed by atoms with van der Waals surface area (Å²) in [4.78, 5) is 17.9. The SMILES string of the molecule is CC(c1nc2cc(F)ccc2n1CC(=O)O)N1CCCC1. The molecule has 21 heavy (non-hydrogen) atoms. The summed E-state index contributed by atoms with van der Waals surface area (Å²) in [6.07, 6.45) is 2.30. The Labute approximate surface area is 122 Å². The smallest absolute Gasteiger partial charge is 0.323 e. The van der Waals surface area contributed by atoms with Crippen molar-refractivity contribution in [1.82, 2.24) is 14.5 Å². The molecule has 2 heterocycles. The molecule has 0 spiro atoms. The molecular formula is C15H18FN3O2. The highest BCUT2D eigenvalue weighted by atomic mass is 19.1. The first-order chi connectivity index (χ1) is 10.1. The fourth-order valence-electron chi connectivity index (χ4n) is 3.03. The minimum absolute atomic E-state index is 0.0299. The number of rotatable bonds is 4. The third-order valence-electron chi connectivity index (χ3n) is 4.10. The van der Waals surface area contributed by atoms with Crippen molar-refractivity contribution in [2.75, 3.05) is 13.1 Å². The standard InChI is InChI=1S/C15H18FN3O2/c1-10(18-6-2-3-7-18)15-17-12-8-11(16)4-5-13(12)19(15)9-14(20)21/h4-5,8,10H,2-3,6-7,9H2,1H3,(H,20,21). The Morgan fingerprint density at radius 1 is 1.43 bits per heavy atom. The number of benzene rings is 1. The Hall–Kier alpha value is -1.95. The van der Waals surface area contributed by atoms with Crippen molar-refractivity contribution in [2.45, 2.75) is 32.4 Å². The Morgan fingerprint density at radius 2 is 2.14 bits per heavy atom. The summed E-state index contributed by atoms with van der Waals surface area (Å²) in [5.41, 5.74) is 1.18. The molecule has 1 aliphatic heterocycles. The van der Waals surface area contributed by atoms with Crippen LogP contribution < -0.4 is 0 Å². The number of aromatic nitrogens is 2. The highest BCUT2D eigenvalue weighted by molar-refractivity contribution is 5.78. The van der Waals surface area contributed by atoms with E-state index in [1.54, 1.807) is 10.6 Å². The van der Waals surface area contributed by atoms with Gasteiger partial charge in [-0.25, -0.2) is 9.37 Å². The monoisotopic (exact) mass is 291 g/mol. The molecule has 1 unspecified atom stereocenters. The van der Waals surface area contributed by atoms with Crippen LogP contribution in [0, 0.1) is 5.82 Å². The maximum absolute atomic E-state index is 13.4. The van der Waals surface area contributed by atoms with Crippen LogP contribution in [-0.4, -0.2) is 38.6 Å². The Morgan fingerprint density at radius 3 is 2.81 bits per heavy atom. The van der Waals surface area contributed by atoms with Crippen molar-refractivity contribution in [1.29, 1.82) is 0 Å². The molecule has 0 saturated carbocycles. The molecule has 3 rings (SSSR count). The number of halogens is 1. The maximum atomic E-state index is 13.4. The largest absolute Gasteiger partial charge is 0.480 e. The van der Waals surface area contributed by atoms with E-state index in [4.69, 9.17) is 5.11 Å². The van der Waals surface area contributed by atoms with Crippen LogP contribution in [0.2, 0.25) is 0 Å². The number of aliphatic carboxylic acids is 1. The van der Waals surface area contributed by atoms with Crippen molar-refractivity contribution in [3.05, 3.63) is 29.8 Å². The molecule has 0 bridgehead atoms. The molecule has 0 aliphatic carbocycles. The molecule has 5 nitrogen and oxygen atoms in total. The van der Waals surface area contributed by atoms with Crippen LogP contribution in [0.15, 0.2) is 18.2 Å². The first-order valence-electron chi connectivity index (χ1n) is 7.18. The van der Waals surface area contributed by atoms with Crippen LogP contribution in [-0.2, 0) is 11.3 Å². The van der Waals surface area contributed by atoms with Crippen molar-refractivity contribution < 1.29 is 14.3 Å². The van der Waals surface area contributed by atoms with Gasteiger partial charge in [0.2, 0.25) is 0 Å². The second kappa shape index (κ2) is 5.44. The lowest BCUT2D eigenvalue weighted by atomic mass is 10.2. The molecule has 1 fully saturated rings. The van der Waals surface area contributed by atoms with Gasteiger partial charge in [0.1, 0.15) is 18.2 Å². The summed E-state index contributed by atoms with van der Waals surface area (Å²) < 4.78 is 15.0. The second-order valence-electron chi connectivity index (χ2n) is 5.50. The molecule has 1 N–H and O–H groups in total. The number of carboxylic acid groups (broad SMARTS) is 1. The van der Waals surface area contributed by atoms with E-state index in [2.05, 4.69) is 9.88 Å². The van der Waals surface area contributed by atoms with E-state index in [0.717, 1.165) is 25.9 Å². The van der Waals surface area contributed by atoms with Crippen molar-refractivity contribution in [2.24, 2.45) is 0 Å². The summed E-state index contributed by atoms with van der Waals surface area (Å²) in [7, 11) is 0. The molecule has 0 radical (unpaired) electrons. The van der Waals surface area contributed by atoms with Crippen molar-refractivity contribution in [3.63, 3.8) is 0 Å². The van der Waals surface area contributed by atoms with Gasteiger partial charge in [0.05, 0.1) is 17.1 Å². The van der Waals surface area contributed by atoms with Crippen molar-refractivity contribution in [3.8, 4) is 0 Å². The van der Waals surface area contributed by atoms with Gasteiger partial charge in [-0.1, -0.05) is 0 Å². The maximum Gasteiger partial charge on any atom is 0.323 e. The third-order valence-corrected chi connectivity index (χ3v) is 4.10. The number of hydrogen-bond acceptors (Lipinski definition) is 3. The molecule has 6 heteroatoms.